The lowest BCUT2D eigenvalue weighted by Crippen LogP contribution is -2.45. The Morgan fingerprint density at radius 2 is 2.16 bits per heavy atom. The fourth-order valence-electron chi connectivity index (χ4n) is 2.08. The zero-order valence-electron chi connectivity index (χ0n) is 10.5. The smallest absolute Gasteiger partial charge is 0.237 e. The van der Waals surface area contributed by atoms with Crippen LogP contribution in [0.2, 0.25) is 0 Å². The van der Waals surface area contributed by atoms with Gasteiger partial charge in [0.1, 0.15) is 5.75 Å². The van der Waals surface area contributed by atoms with Crippen molar-refractivity contribution in [2.24, 2.45) is 11.5 Å². The molecule has 0 fully saturated rings. The second-order valence-corrected chi connectivity index (χ2v) is 4.51. The van der Waals surface area contributed by atoms with Gasteiger partial charge in [-0.1, -0.05) is 18.2 Å². The minimum absolute atomic E-state index is 0.142. The Morgan fingerprint density at radius 1 is 1.42 bits per heavy atom. The molecule has 0 saturated carbocycles. The molecule has 1 aliphatic heterocycles. The van der Waals surface area contributed by atoms with E-state index >= 15 is 0 Å². The van der Waals surface area contributed by atoms with Crippen molar-refractivity contribution in [3.05, 3.63) is 29.8 Å². The van der Waals surface area contributed by atoms with E-state index in [2.05, 4.69) is 5.32 Å². The van der Waals surface area contributed by atoms with Crippen molar-refractivity contribution in [2.45, 2.75) is 24.9 Å². The van der Waals surface area contributed by atoms with E-state index in [9.17, 15) is 9.59 Å². The summed E-state index contributed by atoms with van der Waals surface area (Å²) in [6.45, 7) is 0.535. The van der Waals surface area contributed by atoms with Gasteiger partial charge in [0.2, 0.25) is 11.8 Å². The van der Waals surface area contributed by atoms with Gasteiger partial charge in [-0.25, -0.2) is 0 Å². The number of hydrogen-bond acceptors (Lipinski definition) is 4. The molecule has 2 amide bonds. The van der Waals surface area contributed by atoms with Crippen LogP contribution in [0.4, 0.5) is 0 Å². The summed E-state index contributed by atoms with van der Waals surface area (Å²) in [6, 6.07) is 6.47. The van der Waals surface area contributed by atoms with Crippen LogP contribution < -0.4 is 21.5 Å². The Kier molecular flexibility index (Phi) is 4.01. The Labute approximate surface area is 111 Å². The lowest BCUT2D eigenvalue weighted by atomic mass is 10.00. The van der Waals surface area contributed by atoms with Gasteiger partial charge < -0.3 is 21.5 Å². The number of para-hydroxylation sites is 1. The van der Waals surface area contributed by atoms with Crippen LogP contribution in [-0.2, 0) is 9.59 Å². The number of fused-ring (bicyclic) bond motifs is 1. The Bertz CT molecular complexity index is 490. The van der Waals surface area contributed by atoms with Crippen molar-refractivity contribution >= 4 is 11.8 Å². The first-order valence-electron chi connectivity index (χ1n) is 6.14. The Balaban J connectivity index is 2.04. The Morgan fingerprint density at radius 3 is 2.89 bits per heavy atom. The monoisotopic (exact) mass is 263 g/mol. The third-order valence-corrected chi connectivity index (χ3v) is 3.03. The van der Waals surface area contributed by atoms with Crippen LogP contribution in [0.3, 0.4) is 0 Å². The number of rotatable bonds is 4. The highest BCUT2D eigenvalue weighted by molar-refractivity contribution is 5.87. The standard InChI is InChI=1S/C13H17N3O3/c14-9(7-12(15)17)13(18)16-10-5-6-19-11-4-2-1-3-8(10)11/h1-4,9-10H,5-7,14H2,(H2,15,17)(H,16,18). The van der Waals surface area contributed by atoms with Gasteiger partial charge >= 0.3 is 0 Å². The van der Waals surface area contributed by atoms with Crippen molar-refractivity contribution in [3.8, 4) is 5.75 Å². The summed E-state index contributed by atoms with van der Waals surface area (Å²) in [7, 11) is 0. The number of benzene rings is 1. The molecule has 0 spiro atoms. The van der Waals surface area contributed by atoms with Crippen molar-refractivity contribution < 1.29 is 14.3 Å². The van der Waals surface area contributed by atoms with Crippen molar-refractivity contribution in [1.29, 1.82) is 0 Å². The van der Waals surface area contributed by atoms with E-state index in [0.29, 0.717) is 13.0 Å². The molecule has 6 heteroatoms. The first-order chi connectivity index (χ1) is 9.08. The maximum absolute atomic E-state index is 11.9. The number of hydrogen-bond donors (Lipinski definition) is 3. The SMILES string of the molecule is NC(=O)CC(N)C(=O)NC1CCOc2ccccc21. The van der Waals surface area contributed by atoms with Gasteiger partial charge in [-0.15, -0.1) is 0 Å². The second kappa shape index (κ2) is 5.71. The highest BCUT2D eigenvalue weighted by Gasteiger charge is 2.25. The van der Waals surface area contributed by atoms with Crippen molar-refractivity contribution in [1.82, 2.24) is 5.32 Å². The van der Waals surface area contributed by atoms with Crippen LogP contribution >= 0.6 is 0 Å². The molecule has 19 heavy (non-hydrogen) atoms. The average Bonchev–Trinajstić information content (AvgIpc) is 2.38. The van der Waals surface area contributed by atoms with E-state index in [-0.39, 0.29) is 18.4 Å². The summed E-state index contributed by atoms with van der Waals surface area (Å²) in [5.74, 6) is -0.196. The quantitative estimate of drug-likeness (QED) is 0.700. The first kappa shape index (κ1) is 13.4. The lowest BCUT2D eigenvalue weighted by Gasteiger charge is -2.27. The molecule has 5 N–H and O–H groups in total. The molecule has 1 aromatic rings. The first-order valence-corrected chi connectivity index (χ1v) is 6.14. The molecule has 102 valence electrons. The molecule has 1 aliphatic rings. The predicted molar refractivity (Wildman–Crippen MR) is 69.2 cm³/mol. The van der Waals surface area contributed by atoms with Gasteiger partial charge in [0.25, 0.3) is 0 Å². The zero-order chi connectivity index (χ0) is 13.8. The molecule has 0 aromatic heterocycles. The van der Waals surface area contributed by atoms with Crippen LogP contribution in [0.15, 0.2) is 24.3 Å². The number of carbonyl (C=O) groups excluding carboxylic acids is 2. The predicted octanol–water partition coefficient (Wildman–Crippen LogP) is -0.171. The van der Waals surface area contributed by atoms with Gasteiger partial charge in [-0.2, -0.15) is 0 Å². The lowest BCUT2D eigenvalue weighted by molar-refractivity contribution is -0.127. The normalized spacial score (nSPS) is 18.9. The summed E-state index contributed by atoms with van der Waals surface area (Å²) >= 11 is 0. The van der Waals surface area contributed by atoms with E-state index < -0.39 is 11.9 Å². The minimum atomic E-state index is -0.910. The molecule has 6 nitrogen and oxygen atoms in total. The molecule has 0 radical (unpaired) electrons. The molecule has 0 aliphatic carbocycles. The number of amides is 2. The molecule has 0 saturated heterocycles. The number of ether oxygens (including phenoxy) is 1. The largest absolute Gasteiger partial charge is 0.493 e. The topological polar surface area (TPSA) is 107 Å². The summed E-state index contributed by atoms with van der Waals surface area (Å²) in [5, 5.41) is 2.83. The third kappa shape index (κ3) is 3.23. The zero-order valence-corrected chi connectivity index (χ0v) is 10.5. The average molecular weight is 263 g/mol. The molecule has 2 unspecified atom stereocenters. The number of nitrogens with two attached hydrogens (primary N) is 2. The van der Waals surface area contributed by atoms with Crippen LogP contribution in [0.5, 0.6) is 5.75 Å². The minimum Gasteiger partial charge on any atom is -0.493 e. The van der Waals surface area contributed by atoms with Crippen LogP contribution in [-0.4, -0.2) is 24.5 Å². The Hall–Kier alpha value is -2.08. The van der Waals surface area contributed by atoms with Gasteiger partial charge in [0, 0.05) is 12.0 Å². The van der Waals surface area contributed by atoms with E-state index in [0.717, 1.165) is 11.3 Å². The molecular formula is C13H17N3O3. The van der Waals surface area contributed by atoms with E-state index in [1.54, 1.807) is 0 Å². The summed E-state index contributed by atoms with van der Waals surface area (Å²) in [4.78, 5) is 22.6. The fraction of sp³-hybridized carbons (Fsp3) is 0.385. The molecule has 2 atom stereocenters. The third-order valence-electron chi connectivity index (χ3n) is 3.03. The molecule has 1 heterocycles. The van der Waals surface area contributed by atoms with Gasteiger partial charge in [-0.05, 0) is 6.07 Å². The number of primary amides is 1. The van der Waals surface area contributed by atoms with E-state index in [1.165, 1.54) is 0 Å². The molecular weight excluding hydrogens is 246 g/mol. The maximum atomic E-state index is 11.9. The maximum Gasteiger partial charge on any atom is 0.237 e. The number of nitrogens with one attached hydrogen (secondary N) is 1. The van der Waals surface area contributed by atoms with E-state index in [4.69, 9.17) is 16.2 Å². The number of carbonyl (C=O) groups is 2. The van der Waals surface area contributed by atoms with Gasteiger partial charge in [0.05, 0.1) is 25.1 Å². The summed E-state index contributed by atoms with van der Waals surface area (Å²) < 4.78 is 5.50. The van der Waals surface area contributed by atoms with Crippen LogP contribution in [0.1, 0.15) is 24.4 Å². The van der Waals surface area contributed by atoms with Crippen molar-refractivity contribution in [2.75, 3.05) is 6.61 Å². The molecule has 0 bridgehead atoms. The summed E-state index contributed by atoms with van der Waals surface area (Å²) in [6.07, 6.45) is 0.517. The van der Waals surface area contributed by atoms with Crippen LogP contribution in [0.25, 0.3) is 0 Å². The highest BCUT2D eigenvalue weighted by Crippen LogP contribution is 2.31. The fourth-order valence-corrected chi connectivity index (χ4v) is 2.08. The highest BCUT2D eigenvalue weighted by atomic mass is 16.5. The molecule has 2 rings (SSSR count). The molecule has 1 aromatic carbocycles. The van der Waals surface area contributed by atoms with Gasteiger partial charge in [-0.3, -0.25) is 9.59 Å². The van der Waals surface area contributed by atoms with Crippen molar-refractivity contribution in [3.63, 3.8) is 0 Å². The van der Waals surface area contributed by atoms with Gasteiger partial charge in [0.15, 0.2) is 0 Å². The summed E-state index contributed by atoms with van der Waals surface area (Å²) in [5.41, 5.74) is 11.6. The van der Waals surface area contributed by atoms with E-state index in [1.807, 2.05) is 24.3 Å². The van der Waals surface area contributed by atoms with Crippen LogP contribution in [0, 0.1) is 0 Å². The second-order valence-electron chi connectivity index (χ2n) is 4.51.